The molecule has 122 valence electrons. The smallest absolute Gasteiger partial charge is 0.193 e. The van der Waals surface area contributed by atoms with Crippen molar-refractivity contribution in [1.29, 1.82) is 0 Å². The van der Waals surface area contributed by atoms with Gasteiger partial charge >= 0.3 is 0 Å². The lowest BCUT2D eigenvalue weighted by Crippen LogP contribution is -2.03. The zero-order valence-electron chi connectivity index (χ0n) is 13.3. The van der Waals surface area contributed by atoms with Gasteiger partial charge in [0.2, 0.25) is 0 Å². The van der Waals surface area contributed by atoms with Crippen LogP contribution in [0.2, 0.25) is 0 Å². The minimum atomic E-state index is 0.0146. The molecule has 25 heavy (non-hydrogen) atoms. The van der Waals surface area contributed by atoms with Gasteiger partial charge in [0, 0.05) is 11.1 Å². The Morgan fingerprint density at radius 3 is 2.40 bits per heavy atom. The van der Waals surface area contributed by atoms with Gasteiger partial charge in [-0.2, -0.15) is 0 Å². The number of fused-ring (bicyclic) bond motifs is 1. The summed E-state index contributed by atoms with van der Waals surface area (Å²) in [6, 6.07) is 16.8. The number of aromatic nitrogens is 4. The normalized spacial score (nSPS) is 10.9. The van der Waals surface area contributed by atoms with E-state index in [1.807, 2.05) is 59.2 Å². The largest absolute Gasteiger partial charge is 0.382 e. The third kappa shape index (κ3) is 2.85. The predicted molar refractivity (Wildman–Crippen MR) is 95.2 cm³/mol. The molecule has 0 bridgehead atoms. The van der Waals surface area contributed by atoms with E-state index in [9.17, 15) is 4.79 Å². The molecule has 0 saturated carbocycles. The van der Waals surface area contributed by atoms with E-state index < -0.39 is 0 Å². The second-order valence-corrected chi connectivity index (χ2v) is 5.70. The SMILES string of the molecule is Nc1ncnc2c1ncn2Cc1ccc(C(=O)c2ccccc2)cc1. The lowest BCUT2D eigenvalue weighted by atomic mass is 10.0. The standard InChI is InChI=1S/C19H15N5O/c20-18-16-19(22-11-21-18)24(12-23-16)10-13-6-8-15(9-7-13)17(25)14-4-2-1-3-5-14/h1-9,11-12H,10H2,(H2,20,21,22). The quantitative estimate of drug-likeness (QED) is 0.582. The van der Waals surface area contributed by atoms with Crippen LogP contribution in [-0.2, 0) is 6.54 Å². The van der Waals surface area contributed by atoms with Gasteiger partial charge in [-0.3, -0.25) is 4.79 Å². The lowest BCUT2D eigenvalue weighted by Gasteiger charge is -2.06. The summed E-state index contributed by atoms with van der Waals surface area (Å²) in [5, 5.41) is 0. The van der Waals surface area contributed by atoms with Crippen molar-refractivity contribution in [3.8, 4) is 0 Å². The molecule has 2 N–H and O–H groups in total. The maximum absolute atomic E-state index is 12.4. The third-order valence-electron chi connectivity index (χ3n) is 4.03. The van der Waals surface area contributed by atoms with Crippen molar-refractivity contribution < 1.29 is 4.79 Å². The number of rotatable bonds is 4. The van der Waals surface area contributed by atoms with E-state index in [-0.39, 0.29) is 5.78 Å². The Balaban J connectivity index is 1.58. The highest BCUT2D eigenvalue weighted by Gasteiger charge is 2.10. The molecule has 0 saturated heterocycles. The van der Waals surface area contributed by atoms with Gasteiger partial charge in [-0.25, -0.2) is 15.0 Å². The second-order valence-electron chi connectivity index (χ2n) is 5.70. The number of nitrogen functional groups attached to an aromatic ring is 1. The summed E-state index contributed by atoms with van der Waals surface area (Å²) in [4.78, 5) is 24.9. The van der Waals surface area contributed by atoms with Crippen LogP contribution >= 0.6 is 0 Å². The van der Waals surface area contributed by atoms with E-state index >= 15 is 0 Å². The van der Waals surface area contributed by atoms with Crippen LogP contribution in [0.4, 0.5) is 5.82 Å². The average Bonchev–Trinajstić information content (AvgIpc) is 3.07. The zero-order valence-corrected chi connectivity index (χ0v) is 13.3. The van der Waals surface area contributed by atoms with Crippen molar-refractivity contribution >= 4 is 22.8 Å². The first-order chi connectivity index (χ1) is 12.2. The molecule has 4 rings (SSSR count). The Kier molecular flexibility index (Phi) is 3.70. The summed E-state index contributed by atoms with van der Waals surface area (Å²) in [7, 11) is 0. The highest BCUT2D eigenvalue weighted by atomic mass is 16.1. The Hall–Kier alpha value is -3.54. The first-order valence-corrected chi connectivity index (χ1v) is 7.82. The minimum Gasteiger partial charge on any atom is -0.382 e. The number of nitrogens with two attached hydrogens (primary N) is 1. The molecule has 0 amide bonds. The van der Waals surface area contributed by atoms with Gasteiger partial charge < -0.3 is 10.3 Å². The number of imidazole rings is 1. The summed E-state index contributed by atoms with van der Waals surface area (Å²) < 4.78 is 1.90. The Morgan fingerprint density at radius 1 is 0.920 bits per heavy atom. The Bertz CT molecular complexity index is 1040. The number of nitrogens with zero attached hydrogens (tertiary/aromatic N) is 4. The molecule has 2 heterocycles. The Morgan fingerprint density at radius 2 is 1.64 bits per heavy atom. The second kappa shape index (κ2) is 6.16. The van der Waals surface area contributed by atoms with E-state index in [2.05, 4.69) is 15.0 Å². The van der Waals surface area contributed by atoms with Crippen molar-refractivity contribution in [1.82, 2.24) is 19.5 Å². The minimum absolute atomic E-state index is 0.0146. The molecule has 2 aromatic carbocycles. The molecule has 0 aliphatic heterocycles. The lowest BCUT2D eigenvalue weighted by molar-refractivity contribution is 0.103. The molecule has 0 aliphatic rings. The van der Waals surface area contributed by atoms with E-state index in [1.165, 1.54) is 6.33 Å². The molecule has 0 unspecified atom stereocenters. The fraction of sp³-hybridized carbons (Fsp3) is 0.0526. The van der Waals surface area contributed by atoms with E-state index in [0.717, 1.165) is 5.56 Å². The maximum Gasteiger partial charge on any atom is 0.193 e. The first kappa shape index (κ1) is 15.0. The molecule has 2 aromatic heterocycles. The number of ketones is 1. The Labute approximate surface area is 144 Å². The van der Waals surface area contributed by atoms with Crippen LogP contribution in [0, 0.1) is 0 Å². The highest BCUT2D eigenvalue weighted by molar-refractivity contribution is 6.08. The van der Waals surface area contributed by atoms with Crippen LogP contribution in [0.25, 0.3) is 11.2 Å². The molecule has 6 heteroatoms. The predicted octanol–water partition coefficient (Wildman–Crippen LogP) is 2.69. The summed E-state index contributed by atoms with van der Waals surface area (Å²) in [6.45, 7) is 0.590. The van der Waals surface area contributed by atoms with Crippen molar-refractivity contribution in [2.24, 2.45) is 0 Å². The molecule has 6 nitrogen and oxygen atoms in total. The first-order valence-electron chi connectivity index (χ1n) is 7.82. The van der Waals surface area contributed by atoms with Crippen molar-refractivity contribution in [3.63, 3.8) is 0 Å². The summed E-state index contributed by atoms with van der Waals surface area (Å²) in [6.07, 6.45) is 3.12. The van der Waals surface area contributed by atoms with Crippen molar-refractivity contribution in [2.45, 2.75) is 6.54 Å². The summed E-state index contributed by atoms with van der Waals surface area (Å²) >= 11 is 0. The van der Waals surface area contributed by atoms with Crippen LogP contribution in [0.15, 0.2) is 67.3 Å². The van der Waals surface area contributed by atoms with Gasteiger partial charge in [0.1, 0.15) is 11.8 Å². The highest BCUT2D eigenvalue weighted by Crippen LogP contribution is 2.17. The molecule has 0 aliphatic carbocycles. The van der Waals surface area contributed by atoms with Gasteiger partial charge in [0.15, 0.2) is 17.2 Å². The maximum atomic E-state index is 12.4. The van der Waals surface area contributed by atoms with Crippen LogP contribution in [0.1, 0.15) is 21.5 Å². The van der Waals surface area contributed by atoms with Gasteiger partial charge in [-0.15, -0.1) is 0 Å². The van der Waals surface area contributed by atoms with Crippen molar-refractivity contribution in [2.75, 3.05) is 5.73 Å². The van der Waals surface area contributed by atoms with Crippen LogP contribution in [0.5, 0.6) is 0 Å². The number of anilines is 1. The fourth-order valence-corrected chi connectivity index (χ4v) is 2.73. The van der Waals surface area contributed by atoms with Gasteiger partial charge in [-0.05, 0) is 5.56 Å². The molecule has 0 atom stereocenters. The monoisotopic (exact) mass is 329 g/mol. The third-order valence-corrected chi connectivity index (χ3v) is 4.03. The average molecular weight is 329 g/mol. The number of carbonyl (C=O) groups is 1. The van der Waals surface area contributed by atoms with E-state index in [4.69, 9.17) is 5.73 Å². The number of benzene rings is 2. The molecule has 0 radical (unpaired) electrons. The molecule has 0 fully saturated rings. The molecule has 0 spiro atoms. The van der Waals surface area contributed by atoms with Gasteiger partial charge in [-0.1, -0.05) is 54.6 Å². The summed E-state index contributed by atoms with van der Waals surface area (Å²) in [5.74, 6) is 0.383. The molecule has 4 aromatic rings. The van der Waals surface area contributed by atoms with Crippen LogP contribution in [-0.4, -0.2) is 25.3 Å². The van der Waals surface area contributed by atoms with E-state index in [1.54, 1.807) is 6.33 Å². The zero-order chi connectivity index (χ0) is 17.2. The fourth-order valence-electron chi connectivity index (χ4n) is 2.73. The summed E-state index contributed by atoms with van der Waals surface area (Å²) in [5.41, 5.74) is 9.48. The van der Waals surface area contributed by atoms with E-state index in [0.29, 0.717) is 34.7 Å². The molecular weight excluding hydrogens is 314 g/mol. The topological polar surface area (TPSA) is 86.7 Å². The van der Waals surface area contributed by atoms with Crippen LogP contribution < -0.4 is 5.73 Å². The number of hydrogen-bond donors (Lipinski definition) is 1. The van der Waals surface area contributed by atoms with Crippen LogP contribution in [0.3, 0.4) is 0 Å². The molecular formula is C19H15N5O. The van der Waals surface area contributed by atoms with Gasteiger partial charge in [0.25, 0.3) is 0 Å². The number of carbonyl (C=O) groups excluding carboxylic acids is 1. The van der Waals surface area contributed by atoms with Crippen molar-refractivity contribution in [3.05, 3.63) is 83.9 Å². The van der Waals surface area contributed by atoms with Gasteiger partial charge in [0.05, 0.1) is 12.9 Å². The number of hydrogen-bond acceptors (Lipinski definition) is 5.